The van der Waals surface area contributed by atoms with Crippen molar-refractivity contribution in [2.45, 2.75) is 26.4 Å². The third-order valence-corrected chi connectivity index (χ3v) is 5.35. The molecule has 1 atom stereocenters. The van der Waals surface area contributed by atoms with Crippen LogP contribution in [0.3, 0.4) is 0 Å². The van der Waals surface area contributed by atoms with Gasteiger partial charge in [0, 0.05) is 11.9 Å². The molecule has 2 aromatic heterocycles. The second-order valence-electron chi connectivity index (χ2n) is 5.90. The standard InChI is InChI=1S/C18H21N5OS/c1-13-8-9-25-17(13)10-20-18(24)22(3)14(2)15-4-6-16(7-5-15)23-12-19-11-21-23/h4-9,11-12,14H,10H2,1-3H3,(H,20,24)/t14-/m1/s1. The van der Waals surface area contributed by atoms with Gasteiger partial charge in [-0.15, -0.1) is 11.3 Å². The van der Waals surface area contributed by atoms with Crippen molar-refractivity contribution in [2.24, 2.45) is 0 Å². The van der Waals surface area contributed by atoms with Gasteiger partial charge in [0.15, 0.2) is 0 Å². The number of nitrogens with zero attached hydrogens (tertiary/aromatic N) is 4. The average Bonchev–Trinajstić information content (AvgIpc) is 3.30. The second kappa shape index (κ2) is 7.48. The molecule has 0 aliphatic rings. The van der Waals surface area contributed by atoms with Crippen molar-refractivity contribution in [1.82, 2.24) is 25.0 Å². The van der Waals surface area contributed by atoms with Gasteiger partial charge in [-0.05, 0) is 48.6 Å². The van der Waals surface area contributed by atoms with Crippen molar-refractivity contribution < 1.29 is 4.79 Å². The summed E-state index contributed by atoms with van der Waals surface area (Å²) in [5, 5.41) is 9.14. The van der Waals surface area contributed by atoms with Gasteiger partial charge in [0.05, 0.1) is 18.3 Å². The summed E-state index contributed by atoms with van der Waals surface area (Å²) in [5.41, 5.74) is 3.22. The van der Waals surface area contributed by atoms with Crippen molar-refractivity contribution in [3.05, 3.63) is 64.4 Å². The van der Waals surface area contributed by atoms with Gasteiger partial charge in [0.25, 0.3) is 0 Å². The van der Waals surface area contributed by atoms with Crippen molar-refractivity contribution in [2.75, 3.05) is 7.05 Å². The normalized spacial score (nSPS) is 12.0. The summed E-state index contributed by atoms with van der Waals surface area (Å²) >= 11 is 1.66. The highest BCUT2D eigenvalue weighted by Crippen LogP contribution is 2.21. The molecule has 2 amide bonds. The molecular formula is C18H21N5OS. The third-order valence-electron chi connectivity index (χ3n) is 4.33. The Bertz CT molecular complexity index is 826. The van der Waals surface area contributed by atoms with E-state index in [1.54, 1.807) is 27.2 Å². The zero-order valence-electron chi connectivity index (χ0n) is 14.5. The zero-order chi connectivity index (χ0) is 17.8. The van der Waals surface area contributed by atoms with E-state index < -0.39 is 0 Å². The molecule has 0 bridgehead atoms. The quantitative estimate of drug-likeness (QED) is 0.761. The Balaban J connectivity index is 1.62. The number of rotatable bonds is 5. The lowest BCUT2D eigenvalue weighted by Crippen LogP contribution is -2.38. The van der Waals surface area contributed by atoms with Gasteiger partial charge >= 0.3 is 6.03 Å². The van der Waals surface area contributed by atoms with Gasteiger partial charge in [-0.3, -0.25) is 0 Å². The Kier molecular flexibility index (Phi) is 5.14. The molecule has 0 saturated heterocycles. The van der Waals surface area contributed by atoms with E-state index in [9.17, 15) is 4.79 Å². The van der Waals surface area contributed by atoms with E-state index in [2.05, 4.69) is 28.4 Å². The van der Waals surface area contributed by atoms with Crippen LogP contribution in [-0.2, 0) is 6.54 Å². The number of hydrogen-bond donors (Lipinski definition) is 1. The summed E-state index contributed by atoms with van der Waals surface area (Å²) < 4.78 is 1.70. The summed E-state index contributed by atoms with van der Waals surface area (Å²) in [7, 11) is 1.81. The summed E-state index contributed by atoms with van der Waals surface area (Å²) in [6, 6.07) is 9.91. The molecule has 2 heterocycles. The maximum Gasteiger partial charge on any atom is 0.317 e. The highest BCUT2D eigenvalue weighted by molar-refractivity contribution is 7.10. The van der Waals surface area contributed by atoms with Crippen LogP contribution in [0.15, 0.2) is 48.4 Å². The number of carbonyl (C=O) groups excluding carboxylic acids is 1. The predicted molar refractivity (Wildman–Crippen MR) is 98.8 cm³/mol. The first kappa shape index (κ1) is 17.2. The number of hydrogen-bond acceptors (Lipinski definition) is 4. The summed E-state index contributed by atoms with van der Waals surface area (Å²) in [5.74, 6) is 0. The second-order valence-corrected chi connectivity index (χ2v) is 6.90. The summed E-state index contributed by atoms with van der Waals surface area (Å²) in [6.45, 7) is 4.63. The molecule has 0 aliphatic heterocycles. The minimum absolute atomic E-state index is 0.0331. The van der Waals surface area contributed by atoms with Crippen molar-refractivity contribution in [3.63, 3.8) is 0 Å². The van der Waals surface area contributed by atoms with Gasteiger partial charge in [-0.1, -0.05) is 12.1 Å². The number of aromatic nitrogens is 3. The van der Waals surface area contributed by atoms with E-state index >= 15 is 0 Å². The fraction of sp³-hybridized carbons (Fsp3) is 0.278. The molecule has 0 unspecified atom stereocenters. The molecule has 3 aromatic rings. The van der Waals surface area contributed by atoms with Gasteiger partial charge in [0.1, 0.15) is 12.7 Å². The first-order chi connectivity index (χ1) is 12.1. The topological polar surface area (TPSA) is 63.1 Å². The van der Waals surface area contributed by atoms with E-state index in [0.29, 0.717) is 6.54 Å². The zero-order valence-corrected chi connectivity index (χ0v) is 15.3. The largest absolute Gasteiger partial charge is 0.333 e. The molecule has 1 N–H and O–H groups in total. The molecule has 0 saturated carbocycles. The van der Waals surface area contributed by atoms with Crippen LogP contribution in [0.25, 0.3) is 5.69 Å². The molecule has 7 heteroatoms. The lowest BCUT2D eigenvalue weighted by atomic mass is 10.1. The first-order valence-electron chi connectivity index (χ1n) is 8.05. The van der Waals surface area contributed by atoms with Crippen molar-refractivity contribution in [1.29, 1.82) is 0 Å². The molecule has 6 nitrogen and oxygen atoms in total. The van der Waals surface area contributed by atoms with Gasteiger partial charge in [-0.25, -0.2) is 14.5 Å². The summed E-state index contributed by atoms with van der Waals surface area (Å²) in [4.78, 5) is 19.3. The van der Waals surface area contributed by atoms with Gasteiger partial charge in [-0.2, -0.15) is 5.10 Å². The number of thiophene rings is 1. The summed E-state index contributed by atoms with van der Waals surface area (Å²) in [6.07, 6.45) is 3.16. The monoisotopic (exact) mass is 355 g/mol. The maximum atomic E-state index is 12.4. The highest BCUT2D eigenvalue weighted by Gasteiger charge is 2.17. The Morgan fingerprint density at radius 1 is 1.32 bits per heavy atom. The Labute approximate surface area is 151 Å². The van der Waals surface area contributed by atoms with E-state index in [-0.39, 0.29) is 12.1 Å². The highest BCUT2D eigenvalue weighted by atomic mass is 32.1. The van der Waals surface area contributed by atoms with Crippen LogP contribution in [0.4, 0.5) is 4.79 Å². The Morgan fingerprint density at radius 3 is 2.68 bits per heavy atom. The van der Waals surface area contributed by atoms with Crippen molar-refractivity contribution in [3.8, 4) is 5.69 Å². The lowest BCUT2D eigenvalue weighted by Gasteiger charge is -2.25. The first-order valence-corrected chi connectivity index (χ1v) is 8.93. The number of nitrogens with one attached hydrogen (secondary N) is 1. The molecule has 0 aliphatic carbocycles. The number of amides is 2. The van der Waals surface area contributed by atoms with Crippen LogP contribution < -0.4 is 5.32 Å². The van der Waals surface area contributed by atoms with Crippen LogP contribution in [-0.4, -0.2) is 32.7 Å². The number of benzene rings is 1. The minimum Gasteiger partial charge on any atom is -0.333 e. The number of carbonyl (C=O) groups is 1. The Morgan fingerprint density at radius 2 is 2.08 bits per heavy atom. The van der Waals surface area contributed by atoms with Crippen LogP contribution in [0.5, 0.6) is 0 Å². The molecule has 25 heavy (non-hydrogen) atoms. The number of urea groups is 1. The van der Waals surface area contributed by atoms with Crippen molar-refractivity contribution >= 4 is 17.4 Å². The average molecular weight is 355 g/mol. The van der Waals surface area contributed by atoms with Gasteiger partial charge in [0.2, 0.25) is 0 Å². The maximum absolute atomic E-state index is 12.4. The molecule has 1 aromatic carbocycles. The minimum atomic E-state index is -0.0827. The molecule has 0 fully saturated rings. The van der Waals surface area contributed by atoms with Crippen LogP contribution in [0.1, 0.15) is 29.0 Å². The smallest absolute Gasteiger partial charge is 0.317 e. The fourth-order valence-corrected chi connectivity index (χ4v) is 3.36. The molecule has 0 spiro atoms. The van der Waals surface area contributed by atoms with Crippen LogP contribution in [0, 0.1) is 6.92 Å². The van der Waals surface area contributed by atoms with E-state index in [1.165, 1.54) is 16.8 Å². The SMILES string of the molecule is Cc1ccsc1CNC(=O)N(C)[C@H](C)c1ccc(-n2cncn2)cc1. The van der Waals surface area contributed by atoms with Gasteiger partial charge < -0.3 is 10.2 Å². The third kappa shape index (κ3) is 3.88. The predicted octanol–water partition coefficient (Wildman–Crippen LogP) is 3.54. The molecule has 3 rings (SSSR count). The molecular weight excluding hydrogens is 334 g/mol. The number of aryl methyl sites for hydroxylation is 1. The van der Waals surface area contributed by atoms with Crippen LogP contribution >= 0.6 is 11.3 Å². The molecule has 0 radical (unpaired) electrons. The van der Waals surface area contributed by atoms with E-state index in [4.69, 9.17) is 0 Å². The van der Waals surface area contributed by atoms with E-state index in [0.717, 1.165) is 11.3 Å². The van der Waals surface area contributed by atoms with Crippen LogP contribution in [0.2, 0.25) is 0 Å². The lowest BCUT2D eigenvalue weighted by molar-refractivity contribution is 0.194. The molecule has 130 valence electrons. The van der Waals surface area contributed by atoms with E-state index in [1.807, 2.05) is 43.6 Å². The fourth-order valence-electron chi connectivity index (χ4n) is 2.51. The Hall–Kier alpha value is -2.67.